The lowest BCUT2D eigenvalue weighted by Crippen LogP contribution is -2.30. The van der Waals surface area contributed by atoms with Crippen molar-refractivity contribution in [2.45, 2.75) is 32.2 Å². The smallest absolute Gasteiger partial charge is 0.0953 e. The van der Waals surface area contributed by atoms with E-state index in [-0.39, 0.29) is 6.04 Å². The predicted molar refractivity (Wildman–Crippen MR) is 48.8 cm³/mol. The van der Waals surface area contributed by atoms with Crippen molar-refractivity contribution < 1.29 is 4.74 Å². The summed E-state index contributed by atoms with van der Waals surface area (Å²) in [5, 5.41) is 11.8. The van der Waals surface area contributed by atoms with Crippen LogP contribution < -0.4 is 5.32 Å². The van der Waals surface area contributed by atoms with Crippen molar-refractivity contribution in [2.75, 3.05) is 20.3 Å². The van der Waals surface area contributed by atoms with Gasteiger partial charge in [-0.1, -0.05) is 19.8 Å². The summed E-state index contributed by atoms with van der Waals surface area (Å²) in [7, 11) is 1.66. The maximum Gasteiger partial charge on any atom is 0.0953 e. The van der Waals surface area contributed by atoms with Gasteiger partial charge in [-0.3, -0.25) is 5.32 Å². The number of rotatable bonds is 7. The quantitative estimate of drug-likeness (QED) is 0.586. The van der Waals surface area contributed by atoms with Crippen LogP contribution in [-0.2, 0) is 4.74 Å². The molecule has 0 aromatic heterocycles. The number of unbranched alkanes of at least 4 members (excludes halogenated alkanes) is 1. The van der Waals surface area contributed by atoms with E-state index in [0.717, 1.165) is 25.8 Å². The fourth-order valence-electron chi connectivity index (χ4n) is 0.956. The molecule has 0 aromatic rings. The molecule has 0 fully saturated rings. The molecule has 0 aliphatic rings. The van der Waals surface area contributed by atoms with Gasteiger partial charge in [-0.05, 0) is 6.42 Å². The highest BCUT2D eigenvalue weighted by molar-refractivity contribution is 4.89. The van der Waals surface area contributed by atoms with E-state index >= 15 is 0 Å². The van der Waals surface area contributed by atoms with Crippen molar-refractivity contribution in [1.82, 2.24) is 5.32 Å². The van der Waals surface area contributed by atoms with Crippen molar-refractivity contribution in [3.05, 3.63) is 0 Å². The average molecular weight is 170 g/mol. The Morgan fingerprint density at radius 2 is 2.33 bits per heavy atom. The van der Waals surface area contributed by atoms with Gasteiger partial charge in [0.05, 0.1) is 18.7 Å². The molecule has 0 aliphatic heterocycles. The highest BCUT2D eigenvalue weighted by atomic mass is 16.5. The molecule has 0 aromatic carbocycles. The lowest BCUT2D eigenvalue weighted by molar-refractivity contribution is 0.197. The van der Waals surface area contributed by atoms with Gasteiger partial charge in [0.1, 0.15) is 0 Å². The first-order valence-corrected chi connectivity index (χ1v) is 4.47. The summed E-state index contributed by atoms with van der Waals surface area (Å²) < 4.78 is 4.87. The van der Waals surface area contributed by atoms with Crippen LogP contribution in [0.25, 0.3) is 0 Å². The Morgan fingerprint density at radius 3 is 2.83 bits per heavy atom. The van der Waals surface area contributed by atoms with Crippen LogP contribution >= 0.6 is 0 Å². The van der Waals surface area contributed by atoms with Crippen LogP contribution in [0.1, 0.15) is 26.2 Å². The summed E-state index contributed by atoms with van der Waals surface area (Å²) in [6.45, 7) is 3.56. The lowest BCUT2D eigenvalue weighted by Gasteiger charge is -2.09. The lowest BCUT2D eigenvalue weighted by atomic mass is 10.1. The highest BCUT2D eigenvalue weighted by Crippen LogP contribution is 1.98. The van der Waals surface area contributed by atoms with Crippen LogP contribution in [0.15, 0.2) is 0 Å². The van der Waals surface area contributed by atoms with Gasteiger partial charge >= 0.3 is 0 Å². The molecule has 1 N–H and O–H groups in total. The zero-order valence-electron chi connectivity index (χ0n) is 7.97. The van der Waals surface area contributed by atoms with E-state index in [1.54, 1.807) is 7.11 Å². The van der Waals surface area contributed by atoms with Crippen LogP contribution in [0.5, 0.6) is 0 Å². The number of ether oxygens (including phenoxy) is 1. The van der Waals surface area contributed by atoms with E-state index in [2.05, 4.69) is 18.3 Å². The SMILES string of the molecule is CCCCC(C#N)NCCOC. The molecular formula is C9H18N2O. The number of nitriles is 1. The molecule has 0 saturated heterocycles. The summed E-state index contributed by atoms with van der Waals surface area (Å²) in [6, 6.07) is 2.23. The van der Waals surface area contributed by atoms with Gasteiger partial charge in [0.2, 0.25) is 0 Å². The van der Waals surface area contributed by atoms with Gasteiger partial charge in [-0.25, -0.2) is 0 Å². The minimum atomic E-state index is 0.0000926. The first-order valence-electron chi connectivity index (χ1n) is 4.47. The van der Waals surface area contributed by atoms with E-state index in [9.17, 15) is 0 Å². The molecule has 0 heterocycles. The fraction of sp³-hybridized carbons (Fsp3) is 0.889. The highest BCUT2D eigenvalue weighted by Gasteiger charge is 2.03. The van der Waals surface area contributed by atoms with E-state index < -0.39 is 0 Å². The second-order valence-electron chi connectivity index (χ2n) is 2.77. The number of hydrogen-bond donors (Lipinski definition) is 1. The Kier molecular flexibility index (Phi) is 8.09. The molecule has 70 valence electrons. The van der Waals surface area contributed by atoms with Gasteiger partial charge < -0.3 is 4.74 Å². The van der Waals surface area contributed by atoms with Crippen molar-refractivity contribution >= 4 is 0 Å². The largest absolute Gasteiger partial charge is 0.383 e. The summed E-state index contributed by atoms with van der Waals surface area (Å²) in [5.74, 6) is 0. The molecule has 1 unspecified atom stereocenters. The van der Waals surface area contributed by atoms with Crippen molar-refractivity contribution in [2.24, 2.45) is 0 Å². The monoisotopic (exact) mass is 170 g/mol. The Morgan fingerprint density at radius 1 is 1.58 bits per heavy atom. The molecule has 0 saturated carbocycles. The van der Waals surface area contributed by atoms with Gasteiger partial charge in [0.15, 0.2) is 0 Å². The second-order valence-corrected chi connectivity index (χ2v) is 2.77. The Labute approximate surface area is 74.7 Å². The van der Waals surface area contributed by atoms with E-state index in [0.29, 0.717) is 6.61 Å². The summed E-state index contributed by atoms with van der Waals surface area (Å²) >= 11 is 0. The average Bonchev–Trinajstić information content (AvgIpc) is 2.11. The standard InChI is InChI=1S/C9H18N2O/c1-3-4-5-9(8-10)11-6-7-12-2/h9,11H,3-7H2,1-2H3. The summed E-state index contributed by atoms with van der Waals surface area (Å²) in [6.07, 6.45) is 3.19. The topological polar surface area (TPSA) is 45.0 Å². The first-order chi connectivity index (χ1) is 5.85. The van der Waals surface area contributed by atoms with Gasteiger partial charge in [0.25, 0.3) is 0 Å². The van der Waals surface area contributed by atoms with Crippen molar-refractivity contribution in [3.63, 3.8) is 0 Å². The van der Waals surface area contributed by atoms with E-state index in [1.165, 1.54) is 0 Å². The number of nitrogens with zero attached hydrogens (tertiary/aromatic N) is 1. The molecule has 12 heavy (non-hydrogen) atoms. The van der Waals surface area contributed by atoms with Crippen molar-refractivity contribution in [1.29, 1.82) is 5.26 Å². The third-order valence-corrected chi connectivity index (χ3v) is 1.70. The molecule has 3 heteroatoms. The van der Waals surface area contributed by atoms with Crippen LogP contribution in [-0.4, -0.2) is 26.3 Å². The molecule has 3 nitrogen and oxygen atoms in total. The molecule has 0 amide bonds. The van der Waals surface area contributed by atoms with Gasteiger partial charge in [0, 0.05) is 13.7 Å². The molecule has 1 atom stereocenters. The molecular weight excluding hydrogens is 152 g/mol. The van der Waals surface area contributed by atoms with Gasteiger partial charge in [-0.15, -0.1) is 0 Å². The number of nitrogens with one attached hydrogen (secondary N) is 1. The first kappa shape index (κ1) is 11.4. The molecule has 0 rings (SSSR count). The Hall–Kier alpha value is -0.590. The number of methoxy groups -OCH3 is 1. The third kappa shape index (κ3) is 6.14. The van der Waals surface area contributed by atoms with Crippen LogP contribution in [0, 0.1) is 11.3 Å². The predicted octanol–water partition coefficient (Wildman–Crippen LogP) is 1.30. The maximum atomic E-state index is 8.70. The molecule has 0 spiro atoms. The third-order valence-electron chi connectivity index (χ3n) is 1.70. The molecule has 0 radical (unpaired) electrons. The Balaban J connectivity index is 3.35. The minimum Gasteiger partial charge on any atom is -0.383 e. The van der Waals surface area contributed by atoms with Gasteiger partial charge in [-0.2, -0.15) is 5.26 Å². The van der Waals surface area contributed by atoms with Crippen molar-refractivity contribution in [3.8, 4) is 6.07 Å². The van der Waals surface area contributed by atoms with E-state index in [1.807, 2.05) is 0 Å². The maximum absolute atomic E-state index is 8.70. The zero-order valence-corrected chi connectivity index (χ0v) is 7.97. The van der Waals surface area contributed by atoms with Crippen LogP contribution in [0.3, 0.4) is 0 Å². The minimum absolute atomic E-state index is 0.0000926. The second kappa shape index (κ2) is 8.51. The normalized spacial score (nSPS) is 12.4. The molecule has 0 aliphatic carbocycles. The summed E-state index contributed by atoms with van der Waals surface area (Å²) in [4.78, 5) is 0. The Bertz CT molecular complexity index is 131. The number of hydrogen-bond acceptors (Lipinski definition) is 3. The summed E-state index contributed by atoms with van der Waals surface area (Å²) in [5.41, 5.74) is 0. The molecule has 0 bridgehead atoms. The van der Waals surface area contributed by atoms with Crippen LogP contribution in [0.4, 0.5) is 0 Å². The van der Waals surface area contributed by atoms with E-state index in [4.69, 9.17) is 10.00 Å². The fourth-order valence-corrected chi connectivity index (χ4v) is 0.956. The van der Waals surface area contributed by atoms with Crippen LogP contribution in [0.2, 0.25) is 0 Å². The zero-order chi connectivity index (χ0) is 9.23.